The number of hydrogen-bond acceptors (Lipinski definition) is 0. The summed E-state index contributed by atoms with van der Waals surface area (Å²) in [6.45, 7) is 14.0. The normalized spacial score (nSPS) is 23.0. The van der Waals surface area contributed by atoms with Gasteiger partial charge in [0.15, 0.2) is 0 Å². The van der Waals surface area contributed by atoms with Crippen LogP contribution in [0.15, 0.2) is 36.4 Å². The van der Waals surface area contributed by atoms with Crippen molar-refractivity contribution in [1.82, 2.24) is 0 Å². The summed E-state index contributed by atoms with van der Waals surface area (Å²) in [4.78, 5) is 0. The molecule has 0 aliphatic heterocycles. The minimum atomic E-state index is 0.405. The molecule has 0 bridgehead atoms. The summed E-state index contributed by atoms with van der Waals surface area (Å²) in [5, 5.41) is 0. The third kappa shape index (κ3) is 4.58. The minimum absolute atomic E-state index is 0.405. The van der Waals surface area contributed by atoms with Crippen LogP contribution in [0, 0.1) is 11.3 Å². The molecule has 0 spiro atoms. The van der Waals surface area contributed by atoms with E-state index in [-0.39, 0.29) is 0 Å². The topological polar surface area (TPSA) is 0 Å². The van der Waals surface area contributed by atoms with E-state index in [0.29, 0.717) is 11.3 Å². The predicted molar refractivity (Wildman–Crippen MR) is 120 cm³/mol. The lowest BCUT2D eigenvalue weighted by Gasteiger charge is -2.47. The van der Waals surface area contributed by atoms with Gasteiger partial charge in [0.25, 0.3) is 0 Å². The summed E-state index contributed by atoms with van der Waals surface area (Å²) < 4.78 is 0. The van der Waals surface area contributed by atoms with E-state index in [1.807, 2.05) is 0 Å². The average molecular weight is 365 g/mol. The van der Waals surface area contributed by atoms with Gasteiger partial charge in [-0.15, -0.1) is 0 Å². The van der Waals surface area contributed by atoms with Crippen molar-refractivity contribution in [3.05, 3.63) is 58.7 Å². The Bertz CT molecular complexity index is 688. The highest BCUT2D eigenvalue weighted by Crippen LogP contribution is 2.53. The molecule has 2 aliphatic rings. The molecule has 0 N–H and O–H groups in total. The third-order valence-corrected chi connectivity index (χ3v) is 6.98. The van der Waals surface area contributed by atoms with Crippen LogP contribution in [0.5, 0.6) is 0 Å². The Morgan fingerprint density at radius 3 is 2.59 bits per heavy atom. The number of allylic oxidation sites excluding steroid dienone is 3. The van der Waals surface area contributed by atoms with E-state index in [9.17, 15) is 0 Å². The Morgan fingerprint density at radius 2 is 1.85 bits per heavy atom. The van der Waals surface area contributed by atoms with E-state index in [1.54, 1.807) is 22.3 Å². The summed E-state index contributed by atoms with van der Waals surface area (Å²) in [5.74, 6) is 1.50. The molecule has 0 saturated heterocycles. The molecule has 0 aromatic heterocycles. The SMILES string of the molecule is C=C(CCC)Cc1cc(CCCCC)cc2c1C1CC=CCC1C(C)(C)C2. The molecule has 1 aromatic rings. The third-order valence-electron chi connectivity index (χ3n) is 6.98. The summed E-state index contributed by atoms with van der Waals surface area (Å²) >= 11 is 0. The van der Waals surface area contributed by atoms with E-state index in [4.69, 9.17) is 0 Å². The summed E-state index contributed by atoms with van der Waals surface area (Å²) in [6.07, 6.45) is 17.3. The van der Waals surface area contributed by atoms with Crippen LogP contribution in [-0.2, 0) is 19.3 Å². The molecule has 2 aliphatic carbocycles. The highest BCUT2D eigenvalue weighted by Gasteiger charge is 2.42. The van der Waals surface area contributed by atoms with Crippen molar-refractivity contribution in [2.75, 3.05) is 0 Å². The molecule has 3 rings (SSSR count). The maximum Gasteiger partial charge on any atom is -0.00668 e. The predicted octanol–water partition coefficient (Wildman–Crippen LogP) is 7.95. The van der Waals surface area contributed by atoms with Crippen molar-refractivity contribution in [3.8, 4) is 0 Å². The van der Waals surface area contributed by atoms with E-state index in [0.717, 1.165) is 18.8 Å². The van der Waals surface area contributed by atoms with Crippen LogP contribution in [0.3, 0.4) is 0 Å². The Kier molecular flexibility index (Phi) is 6.66. The quantitative estimate of drug-likeness (QED) is 0.324. The first-order chi connectivity index (χ1) is 13.0. The zero-order chi connectivity index (χ0) is 19.4. The van der Waals surface area contributed by atoms with Crippen LogP contribution in [0.25, 0.3) is 0 Å². The summed E-state index contributed by atoms with van der Waals surface area (Å²) in [7, 11) is 0. The maximum absolute atomic E-state index is 4.41. The second-order valence-corrected chi connectivity index (χ2v) is 9.78. The molecular formula is C27H40. The molecule has 0 radical (unpaired) electrons. The van der Waals surface area contributed by atoms with Crippen molar-refractivity contribution in [3.63, 3.8) is 0 Å². The Morgan fingerprint density at radius 1 is 1.07 bits per heavy atom. The number of fused-ring (bicyclic) bond motifs is 3. The molecule has 148 valence electrons. The van der Waals surface area contributed by atoms with Crippen molar-refractivity contribution < 1.29 is 0 Å². The number of aryl methyl sites for hydroxylation is 1. The molecule has 0 nitrogen and oxygen atoms in total. The molecule has 0 saturated carbocycles. The molecule has 1 aromatic carbocycles. The lowest BCUT2D eigenvalue weighted by molar-refractivity contribution is 0.153. The van der Waals surface area contributed by atoms with Crippen molar-refractivity contribution >= 4 is 0 Å². The van der Waals surface area contributed by atoms with Crippen molar-refractivity contribution in [2.24, 2.45) is 11.3 Å². The maximum atomic E-state index is 4.41. The fourth-order valence-electron chi connectivity index (χ4n) is 5.67. The van der Waals surface area contributed by atoms with Gasteiger partial charge >= 0.3 is 0 Å². The number of benzene rings is 1. The lowest BCUT2D eigenvalue weighted by Crippen LogP contribution is -2.38. The van der Waals surface area contributed by atoms with E-state index >= 15 is 0 Å². The molecule has 0 heterocycles. The Balaban J connectivity index is 2.01. The minimum Gasteiger partial charge on any atom is -0.0995 e. The zero-order valence-electron chi connectivity index (χ0n) is 18.2. The van der Waals surface area contributed by atoms with Crippen molar-refractivity contribution in [2.45, 2.75) is 97.8 Å². The van der Waals surface area contributed by atoms with Gasteiger partial charge in [-0.05, 0) is 84.5 Å². The van der Waals surface area contributed by atoms with E-state index in [2.05, 4.69) is 58.6 Å². The lowest BCUT2D eigenvalue weighted by atomic mass is 9.57. The first kappa shape index (κ1) is 20.4. The molecule has 0 fully saturated rings. The molecule has 2 atom stereocenters. The number of hydrogen-bond donors (Lipinski definition) is 0. The first-order valence-electron chi connectivity index (χ1n) is 11.4. The van der Waals surface area contributed by atoms with Crippen LogP contribution in [0.2, 0.25) is 0 Å². The monoisotopic (exact) mass is 364 g/mol. The summed E-state index contributed by atoms with van der Waals surface area (Å²) in [5.41, 5.74) is 8.37. The van der Waals surface area contributed by atoms with Gasteiger partial charge in [-0.1, -0.05) is 83.4 Å². The number of rotatable bonds is 8. The van der Waals surface area contributed by atoms with Crippen molar-refractivity contribution in [1.29, 1.82) is 0 Å². The standard InChI is InChI=1S/C27H40/c1-6-8-9-13-21-17-22(16-20(3)12-7-2)26-23(18-21)19-27(4,5)25-15-11-10-14-24(25)26/h10-11,17-18,24-25H,3,6-9,12-16,19H2,1-2,4-5H3. The van der Waals surface area contributed by atoms with Gasteiger partial charge in [0.1, 0.15) is 0 Å². The van der Waals surface area contributed by atoms with Crippen LogP contribution in [0.1, 0.15) is 101 Å². The molecule has 0 heteroatoms. The zero-order valence-corrected chi connectivity index (χ0v) is 18.2. The second kappa shape index (κ2) is 8.80. The van der Waals surface area contributed by atoms with Crippen LogP contribution in [-0.4, -0.2) is 0 Å². The largest absolute Gasteiger partial charge is 0.0995 e. The summed E-state index contributed by atoms with van der Waals surface area (Å²) in [6, 6.07) is 5.14. The molecular weight excluding hydrogens is 324 g/mol. The van der Waals surface area contributed by atoms with Gasteiger partial charge in [0.05, 0.1) is 0 Å². The van der Waals surface area contributed by atoms with Gasteiger partial charge in [-0.2, -0.15) is 0 Å². The van der Waals surface area contributed by atoms with Crippen LogP contribution >= 0.6 is 0 Å². The first-order valence-corrected chi connectivity index (χ1v) is 11.4. The average Bonchev–Trinajstić information content (AvgIpc) is 2.61. The van der Waals surface area contributed by atoms with Gasteiger partial charge in [0, 0.05) is 0 Å². The highest BCUT2D eigenvalue weighted by atomic mass is 14.5. The molecule has 27 heavy (non-hydrogen) atoms. The molecule has 0 amide bonds. The van der Waals surface area contributed by atoms with Gasteiger partial charge in [-0.3, -0.25) is 0 Å². The Hall–Kier alpha value is -1.30. The van der Waals surface area contributed by atoms with Gasteiger partial charge in [-0.25, -0.2) is 0 Å². The van der Waals surface area contributed by atoms with E-state index in [1.165, 1.54) is 56.9 Å². The second-order valence-electron chi connectivity index (χ2n) is 9.78. The highest BCUT2D eigenvalue weighted by molar-refractivity contribution is 5.47. The Labute approximate surface area is 168 Å². The van der Waals surface area contributed by atoms with Gasteiger partial charge < -0.3 is 0 Å². The van der Waals surface area contributed by atoms with E-state index < -0.39 is 0 Å². The van der Waals surface area contributed by atoms with Gasteiger partial charge in [0.2, 0.25) is 0 Å². The smallest absolute Gasteiger partial charge is 0.00668 e. The fraction of sp³-hybridized carbons (Fsp3) is 0.630. The van der Waals surface area contributed by atoms with Crippen LogP contribution < -0.4 is 0 Å². The molecule has 2 unspecified atom stereocenters. The van der Waals surface area contributed by atoms with Crippen LogP contribution in [0.4, 0.5) is 0 Å². The fourth-order valence-corrected chi connectivity index (χ4v) is 5.67. The number of unbranched alkanes of at least 4 members (excludes halogenated alkanes) is 2.